The van der Waals surface area contributed by atoms with Crippen molar-refractivity contribution in [2.75, 3.05) is 7.11 Å². The zero-order chi connectivity index (χ0) is 11.1. The number of carbonyl (C=O) groups is 1. The van der Waals surface area contributed by atoms with Gasteiger partial charge in [0.25, 0.3) is 0 Å². The van der Waals surface area contributed by atoms with Crippen LogP contribution in [0.4, 0.5) is 0 Å². The SMILES string of the molecule is CCC(/C=C/c1ccccc1)C(=O)OC. The van der Waals surface area contributed by atoms with Crippen LogP contribution >= 0.6 is 0 Å². The number of rotatable bonds is 4. The first-order valence-corrected chi connectivity index (χ1v) is 5.09. The predicted octanol–water partition coefficient (Wildman–Crippen LogP) is 2.90. The molecule has 0 saturated heterocycles. The smallest absolute Gasteiger partial charge is 0.312 e. The third-order valence-electron chi connectivity index (χ3n) is 2.26. The van der Waals surface area contributed by atoms with Gasteiger partial charge >= 0.3 is 5.97 Å². The van der Waals surface area contributed by atoms with E-state index in [4.69, 9.17) is 4.74 Å². The van der Waals surface area contributed by atoms with Crippen molar-refractivity contribution in [3.63, 3.8) is 0 Å². The molecule has 1 aromatic carbocycles. The van der Waals surface area contributed by atoms with Gasteiger partial charge in [0, 0.05) is 0 Å². The summed E-state index contributed by atoms with van der Waals surface area (Å²) in [6.45, 7) is 1.97. The molecule has 2 heteroatoms. The summed E-state index contributed by atoms with van der Waals surface area (Å²) in [4.78, 5) is 11.3. The molecule has 0 aliphatic carbocycles. The first-order chi connectivity index (χ1) is 7.27. The van der Waals surface area contributed by atoms with Crippen LogP contribution in [0.3, 0.4) is 0 Å². The van der Waals surface area contributed by atoms with Crippen molar-refractivity contribution in [1.29, 1.82) is 0 Å². The summed E-state index contributed by atoms with van der Waals surface area (Å²) < 4.78 is 4.70. The molecule has 0 amide bonds. The third kappa shape index (κ3) is 3.58. The fraction of sp³-hybridized carbons (Fsp3) is 0.308. The zero-order valence-electron chi connectivity index (χ0n) is 9.14. The normalized spacial score (nSPS) is 12.7. The Kier molecular flexibility index (Phi) is 4.61. The molecule has 80 valence electrons. The Hall–Kier alpha value is -1.57. The van der Waals surface area contributed by atoms with E-state index in [1.807, 2.05) is 49.4 Å². The van der Waals surface area contributed by atoms with Crippen LogP contribution in [0.5, 0.6) is 0 Å². The molecule has 1 rings (SSSR count). The minimum Gasteiger partial charge on any atom is -0.469 e. The van der Waals surface area contributed by atoms with Gasteiger partial charge in [-0.3, -0.25) is 4.79 Å². The molecule has 1 aromatic rings. The summed E-state index contributed by atoms with van der Waals surface area (Å²) in [5, 5.41) is 0. The Morgan fingerprint density at radius 1 is 1.40 bits per heavy atom. The Balaban J connectivity index is 2.67. The van der Waals surface area contributed by atoms with Crippen molar-refractivity contribution in [2.24, 2.45) is 5.92 Å². The molecule has 0 radical (unpaired) electrons. The molecule has 0 aliphatic heterocycles. The molecule has 1 atom stereocenters. The number of esters is 1. The molecule has 0 aromatic heterocycles. The summed E-state index contributed by atoms with van der Waals surface area (Å²) in [6.07, 6.45) is 4.60. The van der Waals surface area contributed by atoms with Crippen LogP contribution in [0, 0.1) is 5.92 Å². The summed E-state index contributed by atoms with van der Waals surface area (Å²) in [7, 11) is 1.42. The standard InChI is InChI=1S/C13H16O2/c1-3-12(13(14)15-2)10-9-11-7-5-4-6-8-11/h4-10,12H,3H2,1-2H3/b10-9+. The van der Waals surface area contributed by atoms with Crippen molar-refractivity contribution in [2.45, 2.75) is 13.3 Å². The molecule has 0 fully saturated rings. The minimum atomic E-state index is -0.176. The van der Waals surface area contributed by atoms with Crippen molar-refractivity contribution in [1.82, 2.24) is 0 Å². The fourth-order valence-corrected chi connectivity index (χ4v) is 1.32. The van der Waals surface area contributed by atoms with Crippen molar-refractivity contribution in [3.8, 4) is 0 Å². The summed E-state index contributed by atoms with van der Waals surface area (Å²) in [6, 6.07) is 9.91. The van der Waals surface area contributed by atoms with Crippen LogP contribution in [0.2, 0.25) is 0 Å². The minimum absolute atomic E-state index is 0.143. The van der Waals surface area contributed by atoms with Gasteiger partial charge in [0.1, 0.15) is 0 Å². The Labute approximate surface area is 90.6 Å². The van der Waals surface area contributed by atoms with Crippen LogP contribution in [-0.2, 0) is 9.53 Å². The molecule has 0 N–H and O–H groups in total. The van der Waals surface area contributed by atoms with Crippen molar-refractivity contribution in [3.05, 3.63) is 42.0 Å². The molecule has 2 nitrogen and oxygen atoms in total. The Morgan fingerprint density at radius 3 is 2.60 bits per heavy atom. The van der Waals surface area contributed by atoms with E-state index in [0.717, 1.165) is 12.0 Å². The first kappa shape index (κ1) is 11.5. The average Bonchev–Trinajstić information content (AvgIpc) is 2.31. The zero-order valence-corrected chi connectivity index (χ0v) is 9.14. The topological polar surface area (TPSA) is 26.3 Å². The number of carbonyl (C=O) groups excluding carboxylic acids is 1. The van der Waals surface area contributed by atoms with E-state index in [-0.39, 0.29) is 11.9 Å². The van der Waals surface area contributed by atoms with E-state index < -0.39 is 0 Å². The third-order valence-corrected chi connectivity index (χ3v) is 2.26. The molecular formula is C13H16O2. The maximum atomic E-state index is 11.3. The highest BCUT2D eigenvalue weighted by Crippen LogP contribution is 2.10. The lowest BCUT2D eigenvalue weighted by Crippen LogP contribution is -2.12. The van der Waals surface area contributed by atoms with Crippen LogP contribution in [0.1, 0.15) is 18.9 Å². The molecule has 1 unspecified atom stereocenters. The van der Waals surface area contributed by atoms with Gasteiger partial charge in [-0.15, -0.1) is 0 Å². The van der Waals surface area contributed by atoms with Gasteiger partial charge in [-0.1, -0.05) is 49.4 Å². The van der Waals surface area contributed by atoms with Crippen LogP contribution in [0.25, 0.3) is 6.08 Å². The molecule has 0 spiro atoms. The molecular weight excluding hydrogens is 188 g/mol. The summed E-state index contributed by atoms with van der Waals surface area (Å²) in [5.74, 6) is -0.320. The van der Waals surface area contributed by atoms with Crippen LogP contribution < -0.4 is 0 Å². The second-order valence-corrected chi connectivity index (χ2v) is 3.31. The second-order valence-electron chi connectivity index (χ2n) is 3.31. The van der Waals surface area contributed by atoms with Crippen LogP contribution in [-0.4, -0.2) is 13.1 Å². The lowest BCUT2D eigenvalue weighted by Gasteiger charge is -2.06. The summed E-state index contributed by atoms with van der Waals surface area (Å²) >= 11 is 0. The highest BCUT2D eigenvalue weighted by atomic mass is 16.5. The maximum Gasteiger partial charge on any atom is 0.312 e. The number of hydrogen-bond donors (Lipinski definition) is 0. The lowest BCUT2D eigenvalue weighted by molar-refractivity contribution is -0.143. The molecule has 0 heterocycles. The lowest BCUT2D eigenvalue weighted by atomic mass is 10.0. The number of methoxy groups -OCH3 is 1. The molecule has 0 saturated carbocycles. The Bertz CT molecular complexity index is 328. The van der Waals surface area contributed by atoms with E-state index in [2.05, 4.69) is 0 Å². The van der Waals surface area contributed by atoms with Crippen molar-refractivity contribution < 1.29 is 9.53 Å². The molecule has 15 heavy (non-hydrogen) atoms. The van der Waals surface area contributed by atoms with E-state index in [1.54, 1.807) is 0 Å². The van der Waals surface area contributed by atoms with E-state index in [0.29, 0.717) is 0 Å². The Morgan fingerprint density at radius 2 is 2.07 bits per heavy atom. The van der Waals surface area contributed by atoms with Gasteiger partial charge in [0.15, 0.2) is 0 Å². The first-order valence-electron chi connectivity index (χ1n) is 5.09. The van der Waals surface area contributed by atoms with Gasteiger partial charge in [-0.2, -0.15) is 0 Å². The number of benzene rings is 1. The fourth-order valence-electron chi connectivity index (χ4n) is 1.32. The highest BCUT2D eigenvalue weighted by Gasteiger charge is 2.12. The predicted molar refractivity (Wildman–Crippen MR) is 61.3 cm³/mol. The maximum absolute atomic E-state index is 11.3. The van der Waals surface area contributed by atoms with Gasteiger partial charge in [-0.05, 0) is 12.0 Å². The largest absolute Gasteiger partial charge is 0.469 e. The second kappa shape index (κ2) is 6.02. The number of ether oxygens (including phenoxy) is 1. The monoisotopic (exact) mass is 204 g/mol. The van der Waals surface area contributed by atoms with E-state index >= 15 is 0 Å². The molecule has 0 aliphatic rings. The van der Waals surface area contributed by atoms with Crippen molar-refractivity contribution >= 4 is 12.0 Å². The number of hydrogen-bond acceptors (Lipinski definition) is 2. The van der Waals surface area contributed by atoms with E-state index in [1.165, 1.54) is 7.11 Å². The van der Waals surface area contributed by atoms with Gasteiger partial charge in [0.2, 0.25) is 0 Å². The highest BCUT2D eigenvalue weighted by molar-refractivity contribution is 5.75. The quantitative estimate of drug-likeness (QED) is 0.705. The van der Waals surface area contributed by atoms with Gasteiger partial charge in [-0.25, -0.2) is 0 Å². The van der Waals surface area contributed by atoms with E-state index in [9.17, 15) is 4.79 Å². The average molecular weight is 204 g/mol. The van der Waals surface area contributed by atoms with Crippen LogP contribution in [0.15, 0.2) is 36.4 Å². The van der Waals surface area contributed by atoms with Gasteiger partial charge < -0.3 is 4.74 Å². The summed E-state index contributed by atoms with van der Waals surface area (Å²) in [5.41, 5.74) is 1.10. The molecule has 0 bridgehead atoms. The van der Waals surface area contributed by atoms with Gasteiger partial charge in [0.05, 0.1) is 13.0 Å².